The highest BCUT2D eigenvalue weighted by Crippen LogP contribution is 2.32. The van der Waals surface area contributed by atoms with Gasteiger partial charge < -0.3 is 0 Å². The Hall–Kier alpha value is -2.92. The van der Waals surface area contributed by atoms with E-state index in [1.54, 1.807) is 12.3 Å². The third-order valence-electron chi connectivity index (χ3n) is 5.46. The summed E-state index contributed by atoms with van der Waals surface area (Å²) < 4.78 is 38.9. The molecule has 0 saturated heterocycles. The molecule has 0 amide bonds. The molecule has 154 valence electrons. The highest BCUT2D eigenvalue weighted by atomic mass is 19.4. The first-order chi connectivity index (χ1) is 14.5. The minimum atomic E-state index is -4.30. The summed E-state index contributed by atoms with van der Waals surface area (Å²) in [6, 6.07) is 19.9. The first-order valence-corrected chi connectivity index (χ1v) is 10.1. The quantitative estimate of drug-likeness (QED) is 0.507. The fourth-order valence-corrected chi connectivity index (χ4v) is 3.78. The maximum Gasteiger partial charge on any atom is 0.416 e. The molecule has 0 bridgehead atoms. The standard InChI is InChI=1S/C25H23F3N2/c26-25(27,28)23-8-4-6-21(18-23)20-11-15-30(16-12-20)14-10-19-5-3-7-22(17-19)24-9-1-2-13-29-24/h1-9,11,13,17-18H,10,12,14-16H2. The molecule has 2 heterocycles. The number of pyridine rings is 1. The van der Waals surface area contributed by atoms with E-state index in [4.69, 9.17) is 0 Å². The Labute approximate surface area is 174 Å². The molecule has 2 nitrogen and oxygen atoms in total. The smallest absolute Gasteiger partial charge is 0.299 e. The van der Waals surface area contributed by atoms with E-state index < -0.39 is 11.7 Å². The van der Waals surface area contributed by atoms with Gasteiger partial charge in [-0.15, -0.1) is 0 Å². The van der Waals surface area contributed by atoms with E-state index in [0.29, 0.717) is 5.56 Å². The van der Waals surface area contributed by atoms with Crippen molar-refractivity contribution >= 4 is 5.57 Å². The van der Waals surface area contributed by atoms with Crippen LogP contribution in [0.4, 0.5) is 13.2 Å². The maximum atomic E-state index is 13.0. The monoisotopic (exact) mass is 408 g/mol. The van der Waals surface area contributed by atoms with Crippen molar-refractivity contribution < 1.29 is 13.2 Å². The van der Waals surface area contributed by atoms with Crippen molar-refractivity contribution in [1.82, 2.24) is 9.88 Å². The minimum Gasteiger partial charge on any atom is -0.299 e. The zero-order valence-corrected chi connectivity index (χ0v) is 16.6. The molecule has 0 aliphatic carbocycles. The van der Waals surface area contributed by atoms with Gasteiger partial charge in [-0.3, -0.25) is 9.88 Å². The molecule has 0 spiro atoms. The summed E-state index contributed by atoms with van der Waals surface area (Å²) >= 11 is 0. The van der Waals surface area contributed by atoms with Crippen molar-refractivity contribution in [1.29, 1.82) is 0 Å². The van der Waals surface area contributed by atoms with Gasteiger partial charge in [0, 0.05) is 31.4 Å². The fourth-order valence-electron chi connectivity index (χ4n) is 3.78. The van der Waals surface area contributed by atoms with Gasteiger partial charge in [0.05, 0.1) is 11.3 Å². The molecule has 0 radical (unpaired) electrons. The predicted octanol–water partition coefficient (Wildman–Crippen LogP) is 6.10. The Morgan fingerprint density at radius 1 is 0.900 bits per heavy atom. The first kappa shape index (κ1) is 20.4. The van der Waals surface area contributed by atoms with Gasteiger partial charge in [0.1, 0.15) is 0 Å². The Bertz CT molecular complexity index is 1030. The van der Waals surface area contributed by atoms with Crippen LogP contribution in [-0.4, -0.2) is 29.5 Å². The Balaban J connectivity index is 1.37. The van der Waals surface area contributed by atoms with Crippen molar-refractivity contribution in [3.05, 3.63) is 95.7 Å². The van der Waals surface area contributed by atoms with E-state index in [0.717, 1.165) is 55.4 Å². The van der Waals surface area contributed by atoms with Crippen molar-refractivity contribution in [2.45, 2.75) is 19.0 Å². The van der Waals surface area contributed by atoms with E-state index >= 15 is 0 Å². The van der Waals surface area contributed by atoms with E-state index in [9.17, 15) is 13.2 Å². The van der Waals surface area contributed by atoms with Crippen LogP contribution in [0.3, 0.4) is 0 Å². The van der Waals surface area contributed by atoms with Gasteiger partial charge in [-0.25, -0.2) is 0 Å². The van der Waals surface area contributed by atoms with Crippen LogP contribution >= 0.6 is 0 Å². The lowest BCUT2D eigenvalue weighted by molar-refractivity contribution is -0.137. The van der Waals surface area contributed by atoms with Gasteiger partial charge in [0.2, 0.25) is 0 Å². The number of alkyl halides is 3. The number of benzene rings is 2. The summed E-state index contributed by atoms with van der Waals surface area (Å²) in [6.07, 6.45) is 1.23. The second kappa shape index (κ2) is 8.84. The number of nitrogens with zero attached hydrogens (tertiary/aromatic N) is 2. The average molecular weight is 408 g/mol. The van der Waals surface area contributed by atoms with Gasteiger partial charge >= 0.3 is 6.18 Å². The highest BCUT2D eigenvalue weighted by molar-refractivity contribution is 5.67. The molecule has 1 aliphatic rings. The lowest BCUT2D eigenvalue weighted by Gasteiger charge is -2.26. The largest absolute Gasteiger partial charge is 0.416 e. The maximum absolute atomic E-state index is 13.0. The van der Waals surface area contributed by atoms with Gasteiger partial charge in [0.25, 0.3) is 0 Å². The van der Waals surface area contributed by atoms with Gasteiger partial charge in [-0.2, -0.15) is 13.2 Å². The fraction of sp³-hybridized carbons (Fsp3) is 0.240. The first-order valence-electron chi connectivity index (χ1n) is 10.1. The Morgan fingerprint density at radius 2 is 1.73 bits per heavy atom. The lowest BCUT2D eigenvalue weighted by Crippen LogP contribution is -2.30. The summed E-state index contributed by atoms with van der Waals surface area (Å²) in [6.45, 7) is 2.52. The summed E-state index contributed by atoms with van der Waals surface area (Å²) in [7, 11) is 0. The molecule has 5 heteroatoms. The summed E-state index contributed by atoms with van der Waals surface area (Å²) in [4.78, 5) is 6.75. The van der Waals surface area contributed by atoms with E-state index in [1.807, 2.05) is 18.2 Å². The molecular weight excluding hydrogens is 385 g/mol. The van der Waals surface area contributed by atoms with Crippen LogP contribution in [0.1, 0.15) is 23.1 Å². The Morgan fingerprint density at radius 3 is 2.47 bits per heavy atom. The molecule has 3 aromatic rings. The van der Waals surface area contributed by atoms with Gasteiger partial charge in [-0.1, -0.05) is 42.5 Å². The second-order valence-corrected chi connectivity index (χ2v) is 7.52. The lowest BCUT2D eigenvalue weighted by atomic mass is 9.97. The third-order valence-corrected chi connectivity index (χ3v) is 5.46. The molecule has 1 aromatic heterocycles. The van der Waals surface area contributed by atoms with Crippen LogP contribution in [0.2, 0.25) is 0 Å². The molecule has 0 unspecified atom stereocenters. The van der Waals surface area contributed by atoms with E-state index in [2.05, 4.69) is 40.2 Å². The minimum absolute atomic E-state index is 0.587. The van der Waals surface area contributed by atoms with Crippen LogP contribution in [0.15, 0.2) is 79.0 Å². The molecule has 4 rings (SSSR count). The zero-order chi connectivity index (χ0) is 21.0. The van der Waals surface area contributed by atoms with Crippen molar-refractivity contribution in [3.8, 4) is 11.3 Å². The summed E-state index contributed by atoms with van der Waals surface area (Å²) in [5, 5.41) is 0. The Kier molecular flexibility index (Phi) is 6.00. The van der Waals surface area contributed by atoms with E-state index in [-0.39, 0.29) is 0 Å². The highest BCUT2D eigenvalue weighted by Gasteiger charge is 2.30. The molecule has 0 atom stereocenters. The number of hydrogen-bond acceptors (Lipinski definition) is 2. The second-order valence-electron chi connectivity index (χ2n) is 7.52. The van der Waals surface area contributed by atoms with Crippen molar-refractivity contribution in [2.75, 3.05) is 19.6 Å². The number of aromatic nitrogens is 1. The van der Waals surface area contributed by atoms with Gasteiger partial charge in [-0.05, 0) is 59.9 Å². The van der Waals surface area contributed by atoms with Crippen LogP contribution in [-0.2, 0) is 12.6 Å². The SMILES string of the molecule is FC(F)(F)c1cccc(C2=CCN(CCc3cccc(-c4ccccn4)c3)CC2)c1. The van der Waals surface area contributed by atoms with Crippen molar-refractivity contribution in [2.24, 2.45) is 0 Å². The number of rotatable bonds is 5. The molecule has 0 N–H and O–H groups in total. The topological polar surface area (TPSA) is 16.1 Å². The third kappa shape index (κ3) is 4.97. The molecule has 0 saturated carbocycles. The summed E-state index contributed by atoms with van der Waals surface area (Å²) in [5.74, 6) is 0. The van der Waals surface area contributed by atoms with E-state index in [1.165, 1.54) is 17.7 Å². The zero-order valence-electron chi connectivity index (χ0n) is 16.6. The van der Waals surface area contributed by atoms with Crippen LogP contribution in [0.5, 0.6) is 0 Å². The molecule has 0 fully saturated rings. The molecular formula is C25H23F3N2. The van der Waals surface area contributed by atoms with Crippen LogP contribution < -0.4 is 0 Å². The summed E-state index contributed by atoms with van der Waals surface area (Å²) in [5.41, 5.74) is 4.41. The average Bonchev–Trinajstić information content (AvgIpc) is 2.78. The molecule has 2 aromatic carbocycles. The van der Waals surface area contributed by atoms with Crippen LogP contribution in [0.25, 0.3) is 16.8 Å². The normalized spacial score (nSPS) is 15.1. The van der Waals surface area contributed by atoms with Crippen molar-refractivity contribution in [3.63, 3.8) is 0 Å². The van der Waals surface area contributed by atoms with Gasteiger partial charge in [0.15, 0.2) is 0 Å². The number of hydrogen-bond donors (Lipinski definition) is 0. The molecule has 30 heavy (non-hydrogen) atoms. The predicted molar refractivity (Wildman–Crippen MR) is 114 cm³/mol. The van der Waals surface area contributed by atoms with Crippen LogP contribution in [0, 0.1) is 0 Å². The number of halogens is 3. The molecule has 1 aliphatic heterocycles.